The van der Waals surface area contributed by atoms with Crippen molar-refractivity contribution >= 4 is 16.8 Å². The summed E-state index contributed by atoms with van der Waals surface area (Å²) in [6.07, 6.45) is -0.149. The molecule has 164 valence electrons. The third-order valence-electron chi connectivity index (χ3n) is 5.70. The second kappa shape index (κ2) is 8.44. The van der Waals surface area contributed by atoms with Crippen molar-refractivity contribution in [3.05, 3.63) is 52.2 Å². The van der Waals surface area contributed by atoms with E-state index in [1.54, 1.807) is 35.9 Å². The van der Waals surface area contributed by atoms with E-state index in [2.05, 4.69) is 10.1 Å². The Hall–Kier alpha value is -3.30. The number of halogens is 2. The summed E-state index contributed by atoms with van der Waals surface area (Å²) in [5, 5.41) is 5.24. The summed E-state index contributed by atoms with van der Waals surface area (Å²) in [6, 6.07) is 6.26. The van der Waals surface area contributed by atoms with Crippen LogP contribution in [0, 0.1) is 5.92 Å². The average Bonchev–Trinajstić information content (AvgIpc) is 3.09. The zero-order valence-electron chi connectivity index (χ0n) is 17.3. The number of piperidine rings is 1. The van der Waals surface area contributed by atoms with Gasteiger partial charge in [-0.2, -0.15) is 5.10 Å². The molecule has 0 radical (unpaired) electrons. The van der Waals surface area contributed by atoms with E-state index in [1.165, 1.54) is 10.9 Å². The number of amides is 1. The molecule has 1 aliphatic rings. The molecule has 8 nitrogen and oxygen atoms in total. The van der Waals surface area contributed by atoms with E-state index >= 15 is 0 Å². The minimum atomic E-state index is -2.76. The summed E-state index contributed by atoms with van der Waals surface area (Å²) in [4.78, 5) is 30.4. The molecule has 0 bridgehead atoms. The summed E-state index contributed by atoms with van der Waals surface area (Å²) in [7, 11) is 3.37. The number of alkyl halides is 2. The van der Waals surface area contributed by atoms with Crippen LogP contribution >= 0.6 is 0 Å². The first-order chi connectivity index (χ1) is 14.9. The maximum atomic E-state index is 12.9. The van der Waals surface area contributed by atoms with Gasteiger partial charge < -0.3 is 9.64 Å². The number of aryl methyl sites for hydroxylation is 1. The Labute approximate surface area is 177 Å². The summed E-state index contributed by atoms with van der Waals surface area (Å²) in [5.74, 6) is 0.745. The van der Waals surface area contributed by atoms with Gasteiger partial charge in [-0.05, 0) is 37.0 Å². The van der Waals surface area contributed by atoms with E-state index in [1.807, 2.05) is 6.07 Å². The average molecular weight is 431 g/mol. The Morgan fingerprint density at radius 3 is 2.65 bits per heavy atom. The van der Waals surface area contributed by atoms with Crippen molar-refractivity contribution < 1.29 is 18.3 Å². The highest BCUT2D eigenvalue weighted by Gasteiger charge is 2.25. The third kappa shape index (κ3) is 4.14. The quantitative estimate of drug-likeness (QED) is 0.620. The smallest absolute Gasteiger partial charge is 0.280 e. The molecule has 10 heteroatoms. The third-order valence-corrected chi connectivity index (χ3v) is 5.70. The van der Waals surface area contributed by atoms with Gasteiger partial charge in [-0.3, -0.25) is 14.2 Å². The van der Waals surface area contributed by atoms with E-state index < -0.39 is 17.7 Å². The number of benzene rings is 1. The molecule has 1 aromatic carbocycles. The number of likely N-dealkylation sites (tertiary alicyclic amines) is 1. The number of methoxy groups -OCH3 is 1. The molecule has 1 amide bonds. The normalized spacial score (nSPS) is 15.1. The first kappa shape index (κ1) is 21.0. The number of aromatic nitrogens is 4. The summed E-state index contributed by atoms with van der Waals surface area (Å²) in [5.41, 5.74) is 0.265. The van der Waals surface area contributed by atoms with E-state index in [0.29, 0.717) is 49.4 Å². The van der Waals surface area contributed by atoms with Gasteiger partial charge in [0, 0.05) is 38.3 Å². The van der Waals surface area contributed by atoms with Gasteiger partial charge in [0.1, 0.15) is 5.69 Å². The molecule has 0 aliphatic carbocycles. The molecule has 0 atom stereocenters. The monoisotopic (exact) mass is 431 g/mol. The van der Waals surface area contributed by atoms with E-state index in [0.717, 1.165) is 11.5 Å². The zero-order chi connectivity index (χ0) is 22.1. The topological polar surface area (TPSA) is 82.2 Å². The molecule has 0 unspecified atom stereocenters. The van der Waals surface area contributed by atoms with Gasteiger partial charge in [-0.25, -0.2) is 18.4 Å². The summed E-state index contributed by atoms with van der Waals surface area (Å²) < 4.78 is 33.7. The molecule has 0 saturated carbocycles. The SMILES string of the molecule is COc1c2ccc(C(=O)N3CCC(Cn4cnc(C(F)F)cc4=O)CC3)cc2nn1C. The number of rotatable bonds is 5. The largest absolute Gasteiger partial charge is 0.481 e. The van der Waals surface area contributed by atoms with Gasteiger partial charge in [-0.1, -0.05) is 0 Å². The lowest BCUT2D eigenvalue weighted by atomic mass is 9.96. The predicted octanol–water partition coefficient (Wildman–Crippen LogP) is 2.63. The van der Waals surface area contributed by atoms with Crippen LogP contribution < -0.4 is 10.3 Å². The van der Waals surface area contributed by atoms with Crippen LogP contribution in [-0.4, -0.2) is 50.3 Å². The Morgan fingerprint density at radius 1 is 1.26 bits per heavy atom. The Morgan fingerprint density at radius 2 is 2.00 bits per heavy atom. The maximum Gasteiger partial charge on any atom is 0.280 e. The van der Waals surface area contributed by atoms with Crippen LogP contribution in [-0.2, 0) is 13.6 Å². The van der Waals surface area contributed by atoms with Crippen molar-refractivity contribution in [3.63, 3.8) is 0 Å². The van der Waals surface area contributed by atoms with Crippen molar-refractivity contribution in [2.75, 3.05) is 20.2 Å². The first-order valence-electron chi connectivity index (χ1n) is 10.0. The van der Waals surface area contributed by atoms with Gasteiger partial charge in [-0.15, -0.1) is 0 Å². The molecule has 2 aromatic heterocycles. The van der Waals surface area contributed by atoms with Crippen molar-refractivity contribution in [2.45, 2.75) is 25.8 Å². The van der Waals surface area contributed by atoms with E-state index in [-0.39, 0.29) is 11.8 Å². The van der Waals surface area contributed by atoms with Crippen LogP contribution in [0.15, 0.2) is 35.4 Å². The van der Waals surface area contributed by atoms with Crippen LogP contribution in [0.3, 0.4) is 0 Å². The number of ether oxygens (including phenoxy) is 1. The van der Waals surface area contributed by atoms with Gasteiger partial charge in [0.2, 0.25) is 5.88 Å². The van der Waals surface area contributed by atoms with E-state index in [9.17, 15) is 18.4 Å². The lowest BCUT2D eigenvalue weighted by molar-refractivity contribution is 0.0682. The van der Waals surface area contributed by atoms with Gasteiger partial charge >= 0.3 is 0 Å². The first-order valence-corrected chi connectivity index (χ1v) is 10.0. The number of fused-ring (bicyclic) bond motifs is 1. The fourth-order valence-electron chi connectivity index (χ4n) is 4.03. The highest BCUT2D eigenvalue weighted by atomic mass is 19.3. The molecule has 3 aromatic rings. The molecule has 1 fully saturated rings. The highest BCUT2D eigenvalue weighted by Crippen LogP contribution is 2.27. The standard InChI is InChI=1S/C21H23F2N5O3/c1-26-21(31-2)15-4-3-14(9-16(15)25-26)20(30)27-7-5-13(6-8-27)11-28-12-24-17(19(22)23)10-18(28)29/h3-4,9-10,12-13,19H,5-8,11H2,1-2H3. The van der Waals surface area contributed by atoms with Crippen LogP contribution in [0.25, 0.3) is 10.9 Å². The molecular formula is C21H23F2N5O3. The molecule has 0 spiro atoms. The number of hydrogen-bond acceptors (Lipinski definition) is 5. The number of carbonyl (C=O) groups is 1. The Bertz CT molecular complexity index is 1170. The fraction of sp³-hybridized carbons (Fsp3) is 0.429. The maximum absolute atomic E-state index is 12.9. The Kier molecular flexibility index (Phi) is 5.71. The van der Waals surface area contributed by atoms with Crippen molar-refractivity contribution in [1.82, 2.24) is 24.2 Å². The fourth-order valence-corrected chi connectivity index (χ4v) is 4.03. The van der Waals surface area contributed by atoms with Crippen LogP contribution in [0.1, 0.15) is 35.3 Å². The molecule has 1 aliphatic heterocycles. The molecular weight excluding hydrogens is 408 g/mol. The minimum Gasteiger partial charge on any atom is -0.481 e. The number of nitrogens with zero attached hydrogens (tertiary/aromatic N) is 5. The predicted molar refractivity (Wildman–Crippen MR) is 109 cm³/mol. The number of carbonyl (C=O) groups excluding carboxylic acids is 1. The van der Waals surface area contributed by atoms with Crippen molar-refractivity contribution in [1.29, 1.82) is 0 Å². The summed E-state index contributed by atoms with van der Waals surface area (Å²) in [6.45, 7) is 1.52. The lowest BCUT2D eigenvalue weighted by Gasteiger charge is -2.32. The van der Waals surface area contributed by atoms with Gasteiger partial charge in [0.15, 0.2) is 0 Å². The summed E-state index contributed by atoms with van der Waals surface area (Å²) >= 11 is 0. The molecule has 1 saturated heterocycles. The van der Waals surface area contributed by atoms with E-state index in [4.69, 9.17) is 4.74 Å². The molecule has 4 rings (SSSR count). The second-order valence-electron chi connectivity index (χ2n) is 7.71. The van der Waals surface area contributed by atoms with Crippen LogP contribution in [0.4, 0.5) is 8.78 Å². The molecule has 31 heavy (non-hydrogen) atoms. The van der Waals surface area contributed by atoms with Crippen LogP contribution in [0.2, 0.25) is 0 Å². The second-order valence-corrected chi connectivity index (χ2v) is 7.71. The molecule has 0 N–H and O–H groups in total. The highest BCUT2D eigenvalue weighted by molar-refractivity contribution is 5.98. The van der Waals surface area contributed by atoms with Crippen molar-refractivity contribution in [3.8, 4) is 5.88 Å². The lowest BCUT2D eigenvalue weighted by Crippen LogP contribution is -2.40. The zero-order valence-corrected chi connectivity index (χ0v) is 17.3. The molecule has 3 heterocycles. The Balaban J connectivity index is 1.40. The number of hydrogen-bond donors (Lipinski definition) is 0. The van der Waals surface area contributed by atoms with Crippen molar-refractivity contribution in [2.24, 2.45) is 13.0 Å². The van der Waals surface area contributed by atoms with Gasteiger partial charge in [0.25, 0.3) is 17.9 Å². The van der Waals surface area contributed by atoms with Crippen LogP contribution in [0.5, 0.6) is 5.88 Å². The van der Waals surface area contributed by atoms with Gasteiger partial charge in [0.05, 0.1) is 24.3 Å². The minimum absolute atomic E-state index is 0.0647.